The molecule has 1 aliphatic heterocycles. The number of carbonyl (C=O) groups excluding carboxylic acids is 1. The molecule has 2 aromatic carbocycles. The molecule has 8 nitrogen and oxygen atoms in total. The highest BCUT2D eigenvalue weighted by atomic mass is 16.6. The summed E-state index contributed by atoms with van der Waals surface area (Å²) >= 11 is 0. The molecule has 0 bridgehead atoms. The van der Waals surface area contributed by atoms with E-state index in [2.05, 4.69) is 34.3 Å². The van der Waals surface area contributed by atoms with E-state index in [0.29, 0.717) is 24.5 Å². The molecule has 0 N–H and O–H groups in total. The number of nitrogens with zero attached hydrogens (tertiary/aromatic N) is 5. The van der Waals surface area contributed by atoms with Gasteiger partial charge < -0.3 is 4.90 Å². The number of benzene rings is 2. The third-order valence-corrected chi connectivity index (χ3v) is 5.27. The maximum Gasteiger partial charge on any atom is 0.274 e. The van der Waals surface area contributed by atoms with Gasteiger partial charge in [-0.3, -0.25) is 19.8 Å². The van der Waals surface area contributed by atoms with E-state index in [1.807, 2.05) is 23.1 Å². The van der Waals surface area contributed by atoms with Crippen LogP contribution < -0.4 is 0 Å². The van der Waals surface area contributed by atoms with Crippen LogP contribution in [0.4, 0.5) is 5.69 Å². The molecule has 1 aliphatic rings. The van der Waals surface area contributed by atoms with E-state index < -0.39 is 4.92 Å². The lowest BCUT2D eigenvalue weighted by atomic mass is 10.2. The van der Waals surface area contributed by atoms with Crippen molar-refractivity contribution in [1.29, 1.82) is 0 Å². The predicted octanol–water partition coefficient (Wildman–Crippen LogP) is 3.25. The van der Waals surface area contributed by atoms with Crippen molar-refractivity contribution in [2.75, 3.05) is 32.7 Å². The molecular formula is C23H23N5O3. The normalized spacial score (nSPS) is 14.8. The molecule has 1 amide bonds. The largest absolute Gasteiger partial charge is 0.335 e. The molecule has 158 valence electrons. The molecule has 0 unspecified atom stereocenters. The molecule has 1 aromatic heterocycles. The molecule has 3 aromatic rings. The number of carbonyl (C=O) groups is 1. The maximum atomic E-state index is 12.8. The van der Waals surface area contributed by atoms with Crippen LogP contribution in [0, 0.1) is 10.1 Å². The Labute approximate surface area is 180 Å². The first-order valence-electron chi connectivity index (χ1n) is 10.1. The minimum atomic E-state index is -0.446. The summed E-state index contributed by atoms with van der Waals surface area (Å²) in [5.74, 6) is -0.0971. The number of non-ortho nitro benzene ring substituents is 1. The van der Waals surface area contributed by atoms with Gasteiger partial charge in [-0.25, -0.2) is 4.68 Å². The molecule has 4 rings (SSSR count). The number of nitro groups is 1. The number of nitro benzene ring substituents is 1. The molecule has 0 spiro atoms. The lowest BCUT2D eigenvalue weighted by Gasteiger charge is -2.33. The molecule has 1 fully saturated rings. The highest BCUT2D eigenvalue weighted by Crippen LogP contribution is 2.16. The summed E-state index contributed by atoms with van der Waals surface area (Å²) in [6.07, 6.45) is 5.96. The first-order valence-corrected chi connectivity index (χ1v) is 10.1. The molecule has 1 saturated heterocycles. The third-order valence-electron chi connectivity index (χ3n) is 5.27. The number of hydrogen-bond donors (Lipinski definition) is 0. The van der Waals surface area contributed by atoms with E-state index in [9.17, 15) is 14.9 Å². The van der Waals surface area contributed by atoms with Crippen LogP contribution in [0.15, 0.2) is 72.9 Å². The molecule has 2 heterocycles. The highest BCUT2D eigenvalue weighted by Gasteiger charge is 2.23. The Bertz CT molecular complexity index is 1070. The Hall–Kier alpha value is -3.78. The Balaban J connectivity index is 1.31. The van der Waals surface area contributed by atoms with E-state index in [-0.39, 0.29) is 11.6 Å². The van der Waals surface area contributed by atoms with E-state index >= 15 is 0 Å². The van der Waals surface area contributed by atoms with Gasteiger partial charge in [-0.15, -0.1) is 0 Å². The molecule has 0 aliphatic carbocycles. The Morgan fingerprint density at radius 2 is 1.71 bits per heavy atom. The fraction of sp³-hybridized carbons (Fsp3) is 0.217. The van der Waals surface area contributed by atoms with E-state index in [4.69, 9.17) is 0 Å². The topological polar surface area (TPSA) is 84.5 Å². The van der Waals surface area contributed by atoms with Crippen molar-refractivity contribution in [3.63, 3.8) is 0 Å². The second-order valence-electron chi connectivity index (χ2n) is 7.32. The summed E-state index contributed by atoms with van der Waals surface area (Å²) in [5.41, 5.74) is 2.24. The zero-order valence-electron chi connectivity index (χ0n) is 17.0. The Kier molecular flexibility index (Phi) is 6.18. The summed E-state index contributed by atoms with van der Waals surface area (Å²) in [7, 11) is 0. The number of rotatable bonds is 6. The van der Waals surface area contributed by atoms with Gasteiger partial charge in [0.05, 0.1) is 10.6 Å². The van der Waals surface area contributed by atoms with Crippen molar-refractivity contribution in [2.45, 2.75) is 0 Å². The Morgan fingerprint density at radius 1 is 1.00 bits per heavy atom. The summed E-state index contributed by atoms with van der Waals surface area (Å²) in [5, 5.41) is 15.2. The van der Waals surface area contributed by atoms with Gasteiger partial charge in [0, 0.05) is 51.1 Å². The Morgan fingerprint density at radius 3 is 2.39 bits per heavy atom. The van der Waals surface area contributed by atoms with Gasteiger partial charge >= 0.3 is 0 Å². The van der Waals surface area contributed by atoms with E-state index in [0.717, 1.165) is 19.6 Å². The van der Waals surface area contributed by atoms with Crippen molar-refractivity contribution in [2.24, 2.45) is 0 Å². The number of amides is 1. The monoisotopic (exact) mass is 417 g/mol. The fourth-order valence-electron chi connectivity index (χ4n) is 3.51. The van der Waals surface area contributed by atoms with Crippen molar-refractivity contribution < 1.29 is 9.72 Å². The second kappa shape index (κ2) is 9.36. The van der Waals surface area contributed by atoms with E-state index in [1.165, 1.54) is 17.7 Å². The number of aromatic nitrogens is 2. The van der Waals surface area contributed by atoms with Gasteiger partial charge in [0.15, 0.2) is 5.69 Å². The summed E-state index contributed by atoms with van der Waals surface area (Å²) in [4.78, 5) is 27.3. The van der Waals surface area contributed by atoms with Gasteiger partial charge in [-0.1, -0.05) is 42.5 Å². The summed E-state index contributed by atoms with van der Waals surface area (Å²) < 4.78 is 1.56. The first kappa shape index (κ1) is 20.5. The summed E-state index contributed by atoms with van der Waals surface area (Å²) in [6, 6.07) is 17.9. The van der Waals surface area contributed by atoms with Crippen molar-refractivity contribution >= 4 is 17.7 Å². The summed E-state index contributed by atoms with van der Waals surface area (Å²) in [6.45, 7) is 3.79. The van der Waals surface area contributed by atoms with Gasteiger partial charge in [0.2, 0.25) is 0 Å². The molecule has 31 heavy (non-hydrogen) atoms. The third kappa shape index (κ3) is 5.04. The fourth-order valence-corrected chi connectivity index (χ4v) is 3.51. The molecule has 8 heteroatoms. The van der Waals surface area contributed by atoms with Gasteiger partial charge in [0.25, 0.3) is 11.6 Å². The van der Waals surface area contributed by atoms with Crippen molar-refractivity contribution in [3.8, 4) is 5.69 Å². The van der Waals surface area contributed by atoms with Crippen molar-refractivity contribution in [3.05, 3.63) is 94.3 Å². The van der Waals surface area contributed by atoms with Crippen LogP contribution in [0.2, 0.25) is 0 Å². The molecule has 0 saturated carbocycles. The SMILES string of the molecule is O=C(c1ccn(-c2ccc([N+](=O)[O-])cc2)n1)N1CCN(C/C=C/c2ccccc2)CC1. The van der Waals surface area contributed by atoms with Crippen LogP contribution in [0.1, 0.15) is 16.1 Å². The smallest absolute Gasteiger partial charge is 0.274 e. The van der Waals surface area contributed by atoms with Crippen LogP contribution in [0.3, 0.4) is 0 Å². The molecule has 0 radical (unpaired) electrons. The molecule has 0 atom stereocenters. The predicted molar refractivity (Wildman–Crippen MR) is 118 cm³/mol. The van der Waals surface area contributed by atoms with Crippen LogP contribution in [0.5, 0.6) is 0 Å². The van der Waals surface area contributed by atoms with Crippen LogP contribution in [0.25, 0.3) is 11.8 Å². The minimum absolute atomic E-state index is 0.0173. The average molecular weight is 417 g/mol. The van der Waals surface area contributed by atoms with Gasteiger partial charge in [-0.2, -0.15) is 5.10 Å². The van der Waals surface area contributed by atoms with Gasteiger partial charge in [-0.05, 0) is 23.8 Å². The van der Waals surface area contributed by atoms with E-state index in [1.54, 1.807) is 29.1 Å². The second-order valence-corrected chi connectivity index (χ2v) is 7.32. The van der Waals surface area contributed by atoms with Crippen LogP contribution in [-0.2, 0) is 0 Å². The zero-order valence-corrected chi connectivity index (χ0v) is 17.0. The lowest BCUT2D eigenvalue weighted by Crippen LogP contribution is -2.48. The minimum Gasteiger partial charge on any atom is -0.335 e. The highest BCUT2D eigenvalue weighted by molar-refractivity contribution is 5.92. The maximum absolute atomic E-state index is 12.8. The lowest BCUT2D eigenvalue weighted by molar-refractivity contribution is -0.384. The van der Waals surface area contributed by atoms with Crippen LogP contribution in [-0.4, -0.2) is 63.1 Å². The standard InChI is InChI=1S/C23H23N5O3/c29-23(22-12-14-27(24-22)20-8-10-21(11-9-20)28(30)31)26-17-15-25(16-18-26)13-4-7-19-5-2-1-3-6-19/h1-12,14H,13,15-18H2/b7-4+. The van der Waals surface area contributed by atoms with Crippen molar-refractivity contribution in [1.82, 2.24) is 19.6 Å². The van der Waals surface area contributed by atoms with Crippen LogP contribution >= 0.6 is 0 Å². The van der Waals surface area contributed by atoms with Gasteiger partial charge in [0.1, 0.15) is 0 Å². The average Bonchev–Trinajstić information content (AvgIpc) is 3.30. The molecular weight excluding hydrogens is 394 g/mol. The quantitative estimate of drug-likeness (QED) is 0.454. The first-order chi connectivity index (χ1) is 15.1. The number of piperazine rings is 1. The number of hydrogen-bond acceptors (Lipinski definition) is 5. The zero-order chi connectivity index (χ0) is 21.6.